The van der Waals surface area contributed by atoms with Crippen LogP contribution in [0.2, 0.25) is 0 Å². The molecular weight excluding hydrogens is 673 g/mol. The van der Waals surface area contributed by atoms with Crippen molar-refractivity contribution in [1.82, 2.24) is 10.1 Å². The number of methoxy groups -OCH3 is 1. The minimum Gasteiger partial charge on any atom is -0.497 e. The lowest BCUT2D eigenvalue weighted by Gasteiger charge is -2.27. The predicted molar refractivity (Wildman–Crippen MR) is 194 cm³/mol. The van der Waals surface area contributed by atoms with E-state index in [1.165, 1.54) is 7.11 Å². The molecule has 2 heterocycles. The molecule has 11 heteroatoms. The third-order valence-corrected chi connectivity index (χ3v) is 8.92. The predicted octanol–water partition coefficient (Wildman–Crippen LogP) is 7.49. The molecule has 6 aromatic rings. The molecular formula is C39H24N2O7S2. The molecule has 9 nitrogen and oxygen atoms in total. The molecule has 0 atom stereocenters. The molecule has 0 bridgehead atoms. The molecule has 244 valence electrons. The lowest BCUT2D eigenvalue weighted by atomic mass is 9.95. The van der Waals surface area contributed by atoms with Crippen LogP contribution in [-0.4, -0.2) is 51.0 Å². The zero-order valence-electron chi connectivity index (χ0n) is 26.2. The third-order valence-electron chi connectivity index (χ3n) is 8.15. The average molecular weight is 697 g/mol. The largest absolute Gasteiger partial charge is 0.497 e. The maximum Gasteiger partial charge on any atom is 0.363 e. The topological polar surface area (TPSA) is 102 Å². The van der Waals surface area contributed by atoms with Gasteiger partial charge < -0.3 is 14.4 Å². The fourth-order valence-electron chi connectivity index (χ4n) is 5.76. The first-order valence-electron chi connectivity index (χ1n) is 15.2. The van der Waals surface area contributed by atoms with Crippen molar-refractivity contribution in [1.29, 1.82) is 0 Å². The SMILES string of the molecule is COc1ccc(C(=O)ON2C(=O)c3cccc4cccc(c34)C2=S)cc1.O=C(ON1C(=O)c2cccc3cccc(c23)C1=S)c1ccccc1. The molecule has 50 heavy (non-hydrogen) atoms. The van der Waals surface area contributed by atoms with Crippen molar-refractivity contribution in [3.05, 3.63) is 161 Å². The summed E-state index contributed by atoms with van der Waals surface area (Å²) in [5.74, 6) is -1.57. The van der Waals surface area contributed by atoms with Crippen LogP contribution < -0.4 is 4.74 Å². The number of carbonyl (C=O) groups excluding carboxylic acids is 4. The Morgan fingerprint density at radius 3 is 1.32 bits per heavy atom. The summed E-state index contributed by atoms with van der Waals surface area (Å²) in [6.45, 7) is 0. The van der Waals surface area contributed by atoms with Gasteiger partial charge in [0.2, 0.25) is 0 Å². The van der Waals surface area contributed by atoms with Gasteiger partial charge in [0.15, 0.2) is 9.98 Å². The molecule has 0 fully saturated rings. The van der Waals surface area contributed by atoms with E-state index < -0.39 is 23.8 Å². The molecule has 8 rings (SSSR count). The molecule has 0 saturated carbocycles. The van der Waals surface area contributed by atoms with Gasteiger partial charge in [-0.3, -0.25) is 9.59 Å². The Morgan fingerprint density at radius 1 is 0.500 bits per heavy atom. The number of ether oxygens (including phenoxy) is 1. The summed E-state index contributed by atoms with van der Waals surface area (Å²) in [5.41, 5.74) is 2.96. The maximum absolute atomic E-state index is 12.8. The number of amides is 2. The minimum absolute atomic E-state index is 0.168. The summed E-state index contributed by atoms with van der Waals surface area (Å²) >= 11 is 10.8. The van der Waals surface area contributed by atoms with Crippen LogP contribution in [-0.2, 0) is 9.68 Å². The van der Waals surface area contributed by atoms with Crippen LogP contribution in [0.25, 0.3) is 21.5 Å². The van der Waals surface area contributed by atoms with Gasteiger partial charge in [-0.1, -0.05) is 103 Å². The van der Waals surface area contributed by atoms with E-state index in [9.17, 15) is 19.2 Å². The molecule has 0 saturated heterocycles. The van der Waals surface area contributed by atoms with Gasteiger partial charge in [0.05, 0.1) is 29.4 Å². The normalized spacial score (nSPS) is 13.1. The Morgan fingerprint density at radius 2 is 0.900 bits per heavy atom. The van der Waals surface area contributed by atoms with Gasteiger partial charge in [0, 0.05) is 21.9 Å². The molecule has 0 N–H and O–H groups in total. The first kappa shape index (κ1) is 32.3. The highest BCUT2D eigenvalue weighted by molar-refractivity contribution is 7.81. The van der Waals surface area contributed by atoms with E-state index in [0.29, 0.717) is 39.1 Å². The Bertz CT molecular complexity index is 2290. The number of hydrogen-bond acceptors (Lipinski definition) is 9. The number of benzene rings is 6. The lowest BCUT2D eigenvalue weighted by molar-refractivity contribution is -0.0382. The first-order valence-corrected chi connectivity index (χ1v) is 16.0. The van der Waals surface area contributed by atoms with Crippen LogP contribution in [0.4, 0.5) is 0 Å². The van der Waals surface area contributed by atoms with Crippen LogP contribution >= 0.6 is 24.4 Å². The summed E-state index contributed by atoms with van der Waals surface area (Å²) in [7, 11) is 1.54. The van der Waals surface area contributed by atoms with Crippen LogP contribution in [0.1, 0.15) is 52.6 Å². The van der Waals surface area contributed by atoms with E-state index in [4.69, 9.17) is 38.8 Å². The summed E-state index contributed by atoms with van der Waals surface area (Å²) in [6.07, 6.45) is 0. The molecule has 2 aliphatic heterocycles. The van der Waals surface area contributed by atoms with E-state index >= 15 is 0 Å². The van der Waals surface area contributed by atoms with E-state index in [-0.39, 0.29) is 9.98 Å². The quantitative estimate of drug-likeness (QED) is 0.170. The lowest BCUT2D eigenvalue weighted by Crippen LogP contribution is -2.41. The van der Waals surface area contributed by atoms with E-state index in [1.54, 1.807) is 78.9 Å². The highest BCUT2D eigenvalue weighted by atomic mass is 32.1. The fourth-order valence-corrected chi connectivity index (χ4v) is 6.34. The van der Waals surface area contributed by atoms with E-state index in [2.05, 4.69) is 0 Å². The number of nitrogens with zero attached hydrogens (tertiary/aromatic N) is 2. The van der Waals surface area contributed by atoms with Gasteiger partial charge in [0.25, 0.3) is 11.8 Å². The van der Waals surface area contributed by atoms with Gasteiger partial charge in [0.1, 0.15) is 5.75 Å². The molecule has 6 aromatic carbocycles. The van der Waals surface area contributed by atoms with Crippen LogP contribution in [0, 0.1) is 0 Å². The first-order chi connectivity index (χ1) is 24.3. The number of rotatable bonds is 5. The van der Waals surface area contributed by atoms with Gasteiger partial charge >= 0.3 is 11.9 Å². The summed E-state index contributed by atoms with van der Waals surface area (Å²) < 4.78 is 5.07. The van der Waals surface area contributed by atoms with E-state index in [0.717, 1.165) is 31.7 Å². The Kier molecular flexibility index (Phi) is 8.58. The van der Waals surface area contributed by atoms with Crippen molar-refractivity contribution in [3.8, 4) is 5.75 Å². The highest BCUT2D eigenvalue weighted by Crippen LogP contribution is 2.32. The minimum atomic E-state index is -0.671. The van der Waals surface area contributed by atoms with Crippen molar-refractivity contribution in [3.63, 3.8) is 0 Å². The Hall–Kier alpha value is -6.30. The standard InChI is InChI=1S/C20H13NO4S.C19H11NO3S/c1-24-14-10-8-13(9-11-14)20(23)25-21-18(22)15-6-2-4-12-5-3-7-16(17(12)15)19(21)26;21-17-14-10-4-8-12-9-5-11-15(16(12)14)18(24)20(17)23-19(22)13-6-2-1-3-7-13/h2-11H,1H3;1-11H. The zero-order chi connectivity index (χ0) is 34.9. The fraction of sp³-hybridized carbons (Fsp3) is 0.0256. The van der Waals surface area contributed by atoms with Crippen LogP contribution in [0.3, 0.4) is 0 Å². The van der Waals surface area contributed by atoms with E-state index in [1.807, 2.05) is 48.5 Å². The Labute approximate surface area is 296 Å². The van der Waals surface area contributed by atoms with Crippen molar-refractivity contribution < 1.29 is 33.6 Å². The summed E-state index contributed by atoms with van der Waals surface area (Å²) in [4.78, 5) is 61.3. The molecule has 0 radical (unpaired) electrons. The van der Waals surface area contributed by atoms with Gasteiger partial charge in [-0.15, -0.1) is 10.1 Å². The summed E-state index contributed by atoms with van der Waals surface area (Å²) in [5, 5.41) is 5.20. The third kappa shape index (κ3) is 5.74. The maximum atomic E-state index is 12.8. The molecule has 0 spiro atoms. The van der Waals surface area contributed by atoms with Crippen molar-refractivity contribution in [2.45, 2.75) is 0 Å². The zero-order valence-corrected chi connectivity index (χ0v) is 27.8. The van der Waals surface area contributed by atoms with Crippen molar-refractivity contribution in [2.75, 3.05) is 7.11 Å². The number of hydroxylamine groups is 4. The summed E-state index contributed by atoms with van der Waals surface area (Å²) in [6, 6.07) is 36.9. The molecule has 0 unspecified atom stereocenters. The average Bonchev–Trinajstić information content (AvgIpc) is 3.16. The molecule has 2 amide bonds. The van der Waals surface area contributed by atoms with Crippen LogP contribution in [0.15, 0.2) is 127 Å². The van der Waals surface area contributed by atoms with Gasteiger partial charge in [-0.25, -0.2) is 9.59 Å². The second kappa shape index (κ2) is 13.3. The highest BCUT2D eigenvalue weighted by Gasteiger charge is 2.35. The van der Waals surface area contributed by atoms with Crippen LogP contribution in [0.5, 0.6) is 5.75 Å². The molecule has 2 aliphatic rings. The van der Waals surface area contributed by atoms with Crippen molar-refractivity contribution >= 4 is 79.7 Å². The molecule has 0 aliphatic carbocycles. The van der Waals surface area contributed by atoms with Gasteiger partial charge in [-0.2, -0.15) is 0 Å². The van der Waals surface area contributed by atoms with Gasteiger partial charge in [-0.05, 0) is 59.3 Å². The number of thiocarbonyl (C=S) groups is 2. The monoisotopic (exact) mass is 696 g/mol. The number of hydrogen-bond donors (Lipinski definition) is 0. The number of carbonyl (C=O) groups is 4. The van der Waals surface area contributed by atoms with Crippen molar-refractivity contribution in [2.24, 2.45) is 0 Å². The molecule has 0 aromatic heterocycles. The second-order valence-corrected chi connectivity index (χ2v) is 11.9. The smallest absolute Gasteiger partial charge is 0.363 e. The Balaban J connectivity index is 0.000000157. The second-order valence-electron chi connectivity index (χ2n) is 11.1.